The van der Waals surface area contributed by atoms with Gasteiger partial charge in [-0.2, -0.15) is 0 Å². The molecule has 0 aliphatic heterocycles. The van der Waals surface area contributed by atoms with Crippen LogP contribution in [-0.4, -0.2) is 23.6 Å². The average molecular weight is 381 g/mol. The number of hydrogen-bond acceptors (Lipinski definition) is 4. The van der Waals surface area contributed by atoms with Gasteiger partial charge in [0.05, 0.1) is 24.3 Å². The van der Waals surface area contributed by atoms with E-state index in [9.17, 15) is 14.7 Å². The van der Waals surface area contributed by atoms with Gasteiger partial charge in [0.1, 0.15) is 5.75 Å². The third kappa shape index (κ3) is 4.74. The maximum Gasteiger partial charge on any atom is 0.338 e. The van der Waals surface area contributed by atoms with Gasteiger partial charge >= 0.3 is 5.97 Å². The third-order valence-electron chi connectivity index (χ3n) is 4.02. The molecule has 5 nitrogen and oxygen atoms in total. The number of aromatic carboxylic acids is 1. The molecule has 6 heteroatoms. The van der Waals surface area contributed by atoms with Gasteiger partial charge in [-0.05, 0) is 30.2 Å². The smallest absolute Gasteiger partial charge is 0.338 e. The van der Waals surface area contributed by atoms with Crippen LogP contribution in [0.4, 0.5) is 5.69 Å². The van der Waals surface area contributed by atoms with Crippen molar-refractivity contribution in [2.45, 2.75) is 13.3 Å². The number of carboxylic acid groups (broad SMARTS) is 1. The topological polar surface area (TPSA) is 75.6 Å². The minimum absolute atomic E-state index is 0.133. The maximum absolute atomic E-state index is 12.0. The summed E-state index contributed by atoms with van der Waals surface area (Å²) in [6, 6.07) is 17.7. The van der Waals surface area contributed by atoms with Gasteiger partial charge in [-0.3, -0.25) is 4.79 Å². The van der Waals surface area contributed by atoms with E-state index < -0.39 is 5.97 Å². The molecule has 2 N–H and O–H groups in total. The summed E-state index contributed by atoms with van der Waals surface area (Å²) in [6.07, 6.45) is 0.133. The van der Waals surface area contributed by atoms with E-state index in [1.54, 1.807) is 12.3 Å². The highest BCUT2D eigenvalue weighted by atomic mass is 32.1. The van der Waals surface area contributed by atoms with Gasteiger partial charge in [0.25, 0.3) is 0 Å². The first-order valence-corrected chi connectivity index (χ1v) is 9.32. The Bertz CT molecular complexity index is 933. The predicted octanol–water partition coefficient (Wildman–Crippen LogP) is 4.83. The standard InChI is InChI=1S/C21H19NO4S/c1-14-20(21(24)25)18(13-27-14)22-19(23)11-12-26-17-9-7-16(8-10-17)15-5-3-2-4-6-15/h2-10,13H,11-12H2,1H3,(H,22,23)(H,24,25). The highest BCUT2D eigenvalue weighted by molar-refractivity contribution is 7.10. The summed E-state index contributed by atoms with van der Waals surface area (Å²) in [4.78, 5) is 24.0. The zero-order chi connectivity index (χ0) is 19.2. The van der Waals surface area contributed by atoms with Crippen molar-refractivity contribution in [3.63, 3.8) is 0 Å². The lowest BCUT2D eigenvalue weighted by Crippen LogP contribution is -2.16. The Morgan fingerprint density at radius 1 is 1.04 bits per heavy atom. The van der Waals surface area contributed by atoms with Crippen molar-refractivity contribution < 1.29 is 19.4 Å². The third-order valence-corrected chi connectivity index (χ3v) is 4.93. The van der Waals surface area contributed by atoms with Crippen LogP contribution in [0, 0.1) is 6.92 Å². The SMILES string of the molecule is Cc1scc(NC(=O)CCOc2ccc(-c3ccccc3)cc2)c1C(=O)O. The molecular weight excluding hydrogens is 362 g/mol. The summed E-state index contributed by atoms with van der Waals surface area (Å²) < 4.78 is 5.61. The van der Waals surface area contributed by atoms with Crippen LogP contribution in [0.2, 0.25) is 0 Å². The number of anilines is 1. The molecule has 1 amide bonds. The molecule has 0 saturated heterocycles. The zero-order valence-corrected chi connectivity index (χ0v) is 15.6. The fourth-order valence-electron chi connectivity index (χ4n) is 2.66. The van der Waals surface area contributed by atoms with Crippen LogP contribution in [0.1, 0.15) is 21.7 Å². The Hall–Kier alpha value is -3.12. The summed E-state index contributed by atoms with van der Waals surface area (Å²) in [5.74, 6) is -0.643. The molecule has 0 aliphatic rings. The second-order valence-corrected chi connectivity index (χ2v) is 7.01. The van der Waals surface area contributed by atoms with Gasteiger partial charge in [0.2, 0.25) is 5.91 Å². The quantitative estimate of drug-likeness (QED) is 0.615. The van der Waals surface area contributed by atoms with E-state index in [1.807, 2.05) is 54.6 Å². The van der Waals surface area contributed by atoms with Gasteiger partial charge in [0.15, 0.2) is 0 Å². The van der Waals surface area contributed by atoms with Crippen molar-refractivity contribution in [2.24, 2.45) is 0 Å². The normalized spacial score (nSPS) is 10.4. The molecule has 3 rings (SSSR count). The summed E-state index contributed by atoms with van der Waals surface area (Å²) >= 11 is 1.29. The molecular formula is C21H19NO4S. The number of benzene rings is 2. The maximum atomic E-state index is 12.0. The van der Waals surface area contributed by atoms with E-state index in [-0.39, 0.29) is 24.5 Å². The minimum Gasteiger partial charge on any atom is -0.493 e. The Morgan fingerprint density at radius 3 is 2.37 bits per heavy atom. The number of nitrogens with one attached hydrogen (secondary N) is 1. The molecule has 1 aromatic heterocycles. The summed E-state index contributed by atoms with van der Waals surface area (Å²) in [6.45, 7) is 1.92. The van der Waals surface area contributed by atoms with Gasteiger partial charge < -0.3 is 15.2 Å². The van der Waals surface area contributed by atoms with Gasteiger partial charge in [-0.25, -0.2) is 4.79 Å². The number of aryl methyl sites for hydroxylation is 1. The Morgan fingerprint density at radius 2 is 1.70 bits per heavy atom. The van der Waals surface area contributed by atoms with E-state index in [0.717, 1.165) is 11.1 Å². The van der Waals surface area contributed by atoms with Crippen LogP contribution < -0.4 is 10.1 Å². The van der Waals surface area contributed by atoms with Crippen molar-refractivity contribution in [1.82, 2.24) is 0 Å². The fourth-order valence-corrected chi connectivity index (χ4v) is 3.45. The number of carbonyl (C=O) groups excluding carboxylic acids is 1. The fraction of sp³-hybridized carbons (Fsp3) is 0.143. The molecule has 1 heterocycles. The summed E-state index contributed by atoms with van der Waals surface area (Å²) in [5, 5.41) is 13.5. The molecule has 3 aromatic rings. The lowest BCUT2D eigenvalue weighted by atomic mass is 10.1. The van der Waals surface area contributed by atoms with Crippen LogP contribution in [0.15, 0.2) is 60.0 Å². The van der Waals surface area contributed by atoms with Crippen molar-refractivity contribution >= 4 is 28.9 Å². The van der Waals surface area contributed by atoms with E-state index >= 15 is 0 Å². The van der Waals surface area contributed by atoms with E-state index in [0.29, 0.717) is 16.3 Å². The Kier molecular flexibility index (Phi) is 5.88. The second-order valence-electron chi connectivity index (χ2n) is 5.92. The number of thiophene rings is 1. The first-order chi connectivity index (χ1) is 13.0. The van der Waals surface area contributed by atoms with Crippen molar-refractivity contribution in [3.8, 4) is 16.9 Å². The second kappa shape index (κ2) is 8.51. The first kappa shape index (κ1) is 18.7. The molecule has 27 heavy (non-hydrogen) atoms. The lowest BCUT2D eigenvalue weighted by molar-refractivity contribution is -0.116. The number of amides is 1. The van der Waals surface area contributed by atoms with Crippen molar-refractivity contribution in [2.75, 3.05) is 11.9 Å². The zero-order valence-electron chi connectivity index (χ0n) is 14.8. The van der Waals surface area contributed by atoms with E-state index in [2.05, 4.69) is 5.32 Å². The lowest BCUT2D eigenvalue weighted by Gasteiger charge is -2.08. The number of ether oxygens (including phenoxy) is 1. The van der Waals surface area contributed by atoms with E-state index in [1.165, 1.54) is 11.3 Å². The van der Waals surface area contributed by atoms with Gasteiger partial charge in [-0.1, -0.05) is 42.5 Å². The minimum atomic E-state index is -1.04. The van der Waals surface area contributed by atoms with Gasteiger partial charge in [0, 0.05) is 10.3 Å². The number of rotatable bonds is 7. The van der Waals surface area contributed by atoms with Crippen molar-refractivity contribution in [3.05, 3.63) is 70.4 Å². The highest BCUT2D eigenvalue weighted by Crippen LogP contribution is 2.27. The van der Waals surface area contributed by atoms with Crippen LogP contribution in [0.25, 0.3) is 11.1 Å². The molecule has 2 aromatic carbocycles. The number of hydrogen-bond donors (Lipinski definition) is 2. The van der Waals surface area contributed by atoms with Crippen LogP contribution in [-0.2, 0) is 4.79 Å². The Balaban J connectivity index is 1.51. The Labute approximate surface area is 161 Å². The summed E-state index contributed by atoms with van der Waals surface area (Å²) in [7, 11) is 0. The molecule has 0 fully saturated rings. The largest absolute Gasteiger partial charge is 0.493 e. The van der Waals surface area contributed by atoms with E-state index in [4.69, 9.17) is 4.74 Å². The van der Waals surface area contributed by atoms with Crippen LogP contribution in [0.3, 0.4) is 0 Å². The molecule has 0 unspecified atom stereocenters. The van der Waals surface area contributed by atoms with Crippen molar-refractivity contribution in [1.29, 1.82) is 0 Å². The average Bonchev–Trinajstić information content (AvgIpc) is 3.03. The van der Waals surface area contributed by atoms with Crippen LogP contribution >= 0.6 is 11.3 Å². The molecule has 138 valence electrons. The number of carbonyl (C=O) groups is 2. The number of carboxylic acids is 1. The summed E-state index contributed by atoms with van der Waals surface area (Å²) in [5.41, 5.74) is 2.70. The van der Waals surface area contributed by atoms with Gasteiger partial charge in [-0.15, -0.1) is 11.3 Å². The predicted molar refractivity (Wildman–Crippen MR) is 107 cm³/mol. The first-order valence-electron chi connectivity index (χ1n) is 8.44. The van der Waals surface area contributed by atoms with Crippen LogP contribution in [0.5, 0.6) is 5.75 Å². The highest BCUT2D eigenvalue weighted by Gasteiger charge is 2.17. The molecule has 0 bridgehead atoms. The molecule has 0 atom stereocenters. The molecule has 0 saturated carbocycles. The monoisotopic (exact) mass is 381 g/mol. The molecule has 0 aliphatic carbocycles. The molecule has 0 radical (unpaired) electrons. The molecule has 0 spiro atoms.